The molecular weight excluding hydrogens is 224 g/mol. The molecule has 1 aromatic rings. The van der Waals surface area contributed by atoms with Gasteiger partial charge in [-0.15, -0.1) is 0 Å². The minimum Gasteiger partial charge on any atom is -0.395 e. The molecule has 0 aliphatic carbocycles. The molecule has 0 radical (unpaired) electrons. The largest absolute Gasteiger partial charge is 0.395 e. The Kier molecular flexibility index (Phi) is 5.02. The highest BCUT2D eigenvalue weighted by atomic mass is 19.1. The van der Waals surface area contributed by atoms with Crippen LogP contribution in [0.1, 0.15) is 32.4 Å². The predicted molar refractivity (Wildman–Crippen MR) is 63.6 cm³/mol. The maximum Gasteiger partial charge on any atom is 0.128 e. The fourth-order valence-corrected chi connectivity index (χ4v) is 1.71. The van der Waals surface area contributed by atoms with Crippen LogP contribution in [0.5, 0.6) is 0 Å². The molecule has 4 heteroatoms. The average Bonchev–Trinajstić information content (AvgIpc) is 2.28. The van der Waals surface area contributed by atoms with Crippen LogP contribution < -0.4 is 5.32 Å². The van der Waals surface area contributed by atoms with Gasteiger partial charge in [-0.1, -0.05) is 13.8 Å². The average molecular weight is 243 g/mol. The summed E-state index contributed by atoms with van der Waals surface area (Å²) in [7, 11) is 0. The Bertz CT molecular complexity index is 368. The van der Waals surface area contributed by atoms with Crippen molar-refractivity contribution in [2.75, 3.05) is 6.61 Å². The van der Waals surface area contributed by atoms with Crippen molar-refractivity contribution < 1.29 is 13.9 Å². The third-order valence-electron chi connectivity index (χ3n) is 2.89. The van der Waals surface area contributed by atoms with E-state index in [2.05, 4.69) is 5.32 Å². The van der Waals surface area contributed by atoms with Gasteiger partial charge in [-0.2, -0.15) is 0 Å². The van der Waals surface area contributed by atoms with E-state index in [1.165, 1.54) is 6.07 Å². The molecule has 0 aromatic heterocycles. The van der Waals surface area contributed by atoms with Crippen LogP contribution in [-0.4, -0.2) is 17.8 Å². The van der Waals surface area contributed by atoms with Gasteiger partial charge in [0.2, 0.25) is 0 Å². The summed E-state index contributed by atoms with van der Waals surface area (Å²) >= 11 is 0. The molecule has 0 heterocycles. The number of benzene rings is 1. The summed E-state index contributed by atoms with van der Waals surface area (Å²) in [5, 5.41) is 12.3. The van der Waals surface area contributed by atoms with Gasteiger partial charge in [-0.25, -0.2) is 8.78 Å². The SMILES string of the molecule is CC(NC(CO)C(C)C)c1cc(F)ccc1F. The van der Waals surface area contributed by atoms with Crippen LogP contribution in [0.25, 0.3) is 0 Å². The molecule has 0 aliphatic rings. The molecule has 1 aromatic carbocycles. The maximum absolute atomic E-state index is 13.5. The van der Waals surface area contributed by atoms with Crippen molar-refractivity contribution in [3.63, 3.8) is 0 Å². The van der Waals surface area contributed by atoms with Gasteiger partial charge in [0, 0.05) is 17.6 Å². The summed E-state index contributed by atoms with van der Waals surface area (Å²) in [6.45, 7) is 5.65. The molecule has 0 aliphatic heterocycles. The first-order valence-electron chi connectivity index (χ1n) is 5.77. The van der Waals surface area contributed by atoms with Crippen molar-refractivity contribution in [1.29, 1.82) is 0 Å². The summed E-state index contributed by atoms with van der Waals surface area (Å²) in [5.74, 6) is -0.675. The van der Waals surface area contributed by atoms with E-state index in [1.54, 1.807) is 6.92 Å². The number of aliphatic hydroxyl groups excluding tert-OH is 1. The second-order valence-electron chi connectivity index (χ2n) is 4.59. The van der Waals surface area contributed by atoms with Crippen LogP contribution in [0.2, 0.25) is 0 Å². The highest BCUT2D eigenvalue weighted by molar-refractivity contribution is 5.21. The summed E-state index contributed by atoms with van der Waals surface area (Å²) in [6.07, 6.45) is 0. The van der Waals surface area contributed by atoms with E-state index in [-0.39, 0.29) is 30.2 Å². The molecule has 96 valence electrons. The van der Waals surface area contributed by atoms with Gasteiger partial charge in [0.05, 0.1) is 6.61 Å². The first-order valence-corrected chi connectivity index (χ1v) is 5.77. The van der Waals surface area contributed by atoms with Crippen LogP contribution in [-0.2, 0) is 0 Å². The number of rotatable bonds is 5. The zero-order valence-electron chi connectivity index (χ0n) is 10.4. The minimum absolute atomic E-state index is 0.0288. The zero-order chi connectivity index (χ0) is 13.0. The van der Waals surface area contributed by atoms with Gasteiger partial charge in [0.1, 0.15) is 11.6 Å². The van der Waals surface area contributed by atoms with Gasteiger partial charge < -0.3 is 10.4 Å². The molecule has 0 amide bonds. The number of hydrogen-bond donors (Lipinski definition) is 2. The molecule has 2 nitrogen and oxygen atoms in total. The van der Waals surface area contributed by atoms with Crippen molar-refractivity contribution in [3.8, 4) is 0 Å². The second kappa shape index (κ2) is 6.07. The van der Waals surface area contributed by atoms with Crippen molar-refractivity contribution in [1.82, 2.24) is 5.32 Å². The van der Waals surface area contributed by atoms with Crippen LogP contribution in [0.4, 0.5) is 8.78 Å². The first kappa shape index (κ1) is 14.1. The molecule has 0 fully saturated rings. The molecule has 2 N–H and O–H groups in total. The Labute approximate surface area is 101 Å². The second-order valence-corrected chi connectivity index (χ2v) is 4.59. The Morgan fingerprint density at radius 3 is 2.41 bits per heavy atom. The van der Waals surface area contributed by atoms with E-state index in [1.807, 2.05) is 13.8 Å². The highest BCUT2D eigenvalue weighted by Gasteiger charge is 2.18. The number of halogens is 2. The van der Waals surface area contributed by atoms with Crippen LogP contribution >= 0.6 is 0 Å². The van der Waals surface area contributed by atoms with E-state index in [0.29, 0.717) is 0 Å². The summed E-state index contributed by atoms with van der Waals surface area (Å²) in [6, 6.07) is 2.92. The molecule has 0 saturated carbocycles. The number of hydrogen-bond acceptors (Lipinski definition) is 2. The third-order valence-corrected chi connectivity index (χ3v) is 2.89. The topological polar surface area (TPSA) is 32.3 Å². The third kappa shape index (κ3) is 3.75. The Balaban J connectivity index is 2.81. The summed E-state index contributed by atoms with van der Waals surface area (Å²) < 4.78 is 26.5. The molecule has 0 saturated heterocycles. The standard InChI is InChI=1S/C13H19F2NO/c1-8(2)13(7-17)16-9(3)11-6-10(14)4-5-12(11)15/h4-6,8-9,13,16-17H,7H2,1-3H3. The van der Waals surface area contributed by atoms with Crippen molar-refractivity contribution in [2.45, 2.75) is 32.9 Å². The zero-order valence-corrected chi connectivity index (χ0v) is 10.4. The number of aliphatic hydroxyl groups is 1. The quantitative estimate of drug-likeness (QED) is 0.833. The van der Waals surface area contributed by atoms with E-state index in [9.17, 15) is 13.9 Å². The first-order chi connectivity index (χ1) is 7.95. The molecule has 2 atom stereocenters. The van der Waals surface area contributed by atoms with Crippen LogP contribution in [0, 0.1) is 17.6 Å². The Morgan fingerprint density at radius 2 is 1.88 bits per heavy atom. The minimum atomic E-state index is -0.458. The lowest BCUT2D eigenvalue weighted by Gasteiger charge is -2.25. The van der Waals surface area contributed by atoms with E-state index < -0.39 is 11.6 Å². The van der Waals surface area contributed by atoms with E-state index >= 15 is 0 Å². The Morgan fingerprint density at radius 1 is 1.24 bits per heavy atom. The summed E-state index contributed by atoms with van der Waals surface area (Å²) in [5.41, 5.74) is 0.282. The molecule has 17 heavy (non-hydrogen) atoms. The molecule has 0 spiro atoms. The van der Waals surface area contributed by atoms with E-state index in [0.717, 1.165) is 12.1 Å². The van der Waals surface area contributed by atoms with Crippen molar-refractivity contribution in [3.05, 3.63) is 35.4 Å². The molecule has 0 bridgehead atoms. The van der Waals surface area contributed by atoms with Crippen LogP contribution in [0.15, 0.2) is 18.2 Å². The lowest BCUT2D eigenvalue weighted by molar-refractivity contribution is 0.200. The molecule has 2 unspecified atom stereocenters. The molecule has 1 rings (SSSR count). The lowest BCUT2D eigenvalue weighted by atomic mass is 10.0. The number of nitrogens with one attached hydrogen (secondary N) is 1. The van der Waals surface area contributed by atoms with Crippen LogP contribution in [0.3, 0.4) is 0 Å². The van der Waals surface area contributed by atoms with Crippen molar-refractivity contribution >= 4 is 0 Å². The predicted octanol–water partition coefficient (Wildman–Crippen LogP) is 2.63. The lowest BCUT2D eigenvalue weighted by Crippen LogP contribution is -2.38. The smallest absolute Gasteiger partial charge is 0.128 e. The normalized spacial score (nSPS) is 15.0. The van der Waals surface area contributed by atoms with E-state index in [4.69, 9.17) is 0 Å². The fourth-order valence-electron chi connectivity index (χ4n) is 1.71. The maximum atomic E-state index is 13.5. The Hall–Kier alpha value is -1.00. The van der Waals surface area contributed by atoms with Gasteiger partial charge in [0.25, 0.3) is 0 Å². The highest BCUT2D eigenvalue weighted by Crippen LogP contribution is 2.19. The van der Waals surface area contributed by atoms with Gasteiger partial charge in [0.15, 0.2) is 0 Å². The van der Waals surface area contributed by atoms with Gasteiger partial charge in [-0.3, -0.25) is 0 Å². The fraction of sp³-hybridized carbons (Fsp3) is 0.538. The monoisotopic (exact) mass is 243 g/mol. The summed E-state index contributed by atoms with van der Waals surface area (Å²) in [4.78, 5) is 0. The molecular formula is C13H19F2NO. The van der Waals surface area contributed by atoms with Gasteiger partial charge in [-0.05, 0) is 31.0 Å². The van der Waals surface area contributed by atoms with Gasteiger partial charge >= 0.3 is 0 Å². The van der Waals surface area contributed by atoms with Crippen molar-refractivity contribution in [2.24, 2.45) is 5.92 Å².